The Labute approximate surface area is 141 Å². The zero-order valence-electron chi connectivity index (χ0n) is 12.0. The zero-order valence-corrected chi connectivity index (χ0v) is 15.1. The number of nitrogens with one attached hydrogen (secondary N) is 1. The highest BCUT2D eigenvalue weighted by molar-refractivity contribution is 9.11. The van der Waals surface area contributed by atoms with Crippen molar-refractivity contribution in [3.05, 3.63) is 62.0 Å². The van der Waals surface area contributed by atoms with Crippen LogP contribution in [0.5, 0.6) is 0 Å². The molecule has 2 rings (SSSR count). The number of pyridine rings is 1. The summed E-state index contributed by atoms with van der Waals surface area (Å²) < 4.78 is 15.3. The predicted octanol–water partition coefficient (Wildman–Crippen LogP) is 4.95. The third-order valence-electron chi connectivity index (χ3n) is 3.35. The number of rotatable bonds is 5. The average molecular weight is 416 g/mol. The highest BCUT2D eigenvalue weighted by Gasteiger charge is 2.17. The normalized spacial score (nSPS) is 12.4. The van der Waals surface area contributed by atoms with Crippen LogP contribution in [0.2, 0.25) is 0 Å². The standard InChI is InChI=1S/C16H17Br2FN2/c1-3-20-15(16-14(18)8-12(17)9-21-16)7-11-6-13(19)5-4-10(11)2/h4-6,8-9,15,20H,3,7H2,1-2H3. The maximum absolute atomic E-state index is 13.5. The number of halogens is 3. The molecule has 1 atom stereocenters. The van der Waals surface area contributed by atoms with Crippen LogP contribution in [0.1, 0.15) is 29.8 Å². The van der Waals surface area contributed by atoms with E-state index in [-0.39, 0.29) is 11.9 Å². The Morgan fingerprint density at radius 1 is 1.29 bits per heavy atom. The van der Waals surface area contributed by atoms with Gasteiger partial charge >= 0.3 is 0 Å². The van der Waals surface area contributed by atoms with Crippen LogP contribution in [0.15, 0.2) is 39.4 Å². The average Bonchev–Trinajstić information content (AvgIpc) is 2.42. The SMILES string of the molecule is CCNC(Cc1cc(F)ccc1C)c1ncc(Br)cc1Br. The first-order valence-corrected chi connectivity index (χ1v) is 8.39. The topological polar surface area (TPSA) is 24.9 Å². The molecule has 1 unspecified atom stereocenters. The van der Waals surface area contributed by atoms with Crippen LogP contribution in [0, 0.1) is 12.7 Å². The monoisotopic (exact) mass is 414 g/mol. The maximum Gasteiger partial charge on any atom is 0.123 e. The van der Waals surface area contributed by atoms with E-state index in [9.17, 15) is 4.39 Å². The summed E-state index contributed by atoms with van der Waals surface area (Å²) in [4.78, 5) is 4.50. The van der Waals surface area contributed by atoms with Crippen molar-refractivity contribution in [2.24, 2.45) is 0 Å². The second-order valence-electron chi connectivity index (χ2n) is 4.91. The van der Waals surface area contributed by atoms with Crippen LogP contribution >= 0.6 is 31.9 Å². The summed E-state index contributed by atoms with van der Waals surface area (Å²) in [6.07, 6.45) is 2.48. The molecule has 0 saturated heterocycles. The molecule has 0 aliphatic rings. The first-order valence-electron chi connectivity index (χ1n) is 6.80. The van der Waals surface area contributed by atoms with E-state index in [1.807, 2.05) is 19.1 Å². The highest BCUT2D eigenvalue weighted by atomic mass is 79.9. The Morgan fingerprint density at radius 2 is 2.05 bits per heavy atom. The maximum atomic E-state index is 13.5. The van der Waals surface area contributed by atoms with Crippen molar-refractivity contribution in [3.8, 4) is 0 Å². The smallest absolute Gasteiger partial charge is 0.123 e. The Hall–Kier alpha value is -0.780. The summed E-state index contributed by atoms with van der Waals surface area (Å²) in [5.41, 5.74) is 3.02. The number of hydrogen-bond acceptors (Lipinski definition) is 2. The second kappa shape index (κ2) is 7.47. The molecule has 0 aliphatic heterocycles. The van der Waals surface area contributed by atoms with Crippen molar-refractivity contribution in [1.82, 2.24) is 10.3 Å². The van der Waals surface area contributed by atoms with Gasteiger partial charge in [-0.2, -0.15) is 0 Å². The van der Waals surface area contributed by atoms with E-state index in [1.165, 1.54) is 6.07 Å². The molecule has 0 radical (unpaired) electrons. The lowest BCUT2D eigenvalue weighted by atomic mass is 9.98. The minimum atomic E-state index is -0.200. The molecule has 1 aromatic heterocycles. The van der Waals surface area contributed by atoms with E-state index < -0.39 is 0 Å². The summed E-state index contributed by atoms with van der Waals surface area (Å²) in [7, 11) is 0. The fourth-order valence-corrected chi connectivity index (χ4v) is 3.54. The largest absolute Gasteiger partial charge is 0.309 e. The zero-order chi connectivity index (χ0) is 15.4. The first kappa shape index (κ1) is 16.6. The van der Waals surface area contributed by atoms with E-state index in [1.54, 1.807) is 12.3 Å². The third-order valence-corrected chi connectivity index (χ3v) is 4.42. The molecule has 1 N–H and O–H groups in total. The number of benzene rings is 1. The fourth-order valence-electron chi connectivity index (χ4n) is 2.27. The van der Waals surface area contributed by atoms with Gasteiger partial charge in [0.2, 0.25) is 0 Å². The lowest BCUT2D eigenvalue weighted by Crippen LogP contribution is -2.24. The highest BCUT2D eigenvalue weighted by Crippen LogP contribution is 2.27. The molecule has 0 spiro atoms. The lowest BCUT2D eigenvalue weighted by Gasteiger charge is -2.20. The predicted molar refractivity (Wildman–Crippen MR) is 90.9 cm³/mol. The van der Waals surface area contributed by atoms with E-state index in [2.05, 4.69) is 49.1 Å². The molecular weight excluding hydrogens is 399 g/mol. The van der Waals surface area contributed by atoms with Crippen LogP contribution in [0.4, 0.5) is 4.39 Å². The van der Waals surface area contributed by atoms with Gasteiger partial charge < -0.3 is 5.32 Å². The van der Waals surface area contributed by atoms with Gasteiger partial charge in [-0.05, 0) is 81.1 Å². The van der Waals surface area contributed by atoms with Gasteiger partial charge in [-0.15, -0.1) is 0 Å². The third kappa shape index (κ3) is 4.34. The summed E-state index contributed by atoms with van der Waals surface area (Å²) in [6.45, 7) is 4.88. The van der Waals surface area contributed by atoms with Crippen molar-refractivity contribution in [2.45, 2.75) is 26.3 Å². The van der Waals surface area contributed by atoms with Crippen molar-refractivity contribution < 1.29 is 4.39 Å². The second-order valence-corrected chi connectivity index (χ2v) is 6.68. The van der Waals surface area contributed by atoms with Gasteiger partial charge in [0.15, 0.2) is 0 Å². The molecule has 2 aromatic rings. The minimum absolute atomic E-state index is 0.0398. The van der Waals surface area contributed by atoms with Gasteiger partial charge in [-0.3, -0.25) is 4.98 Å². The van der Waals surface area contributed by atoms with E-state index in [0.717, 1.165) is 32.3 Å². The van der Waals surface area contributed by atoms with Crippen molar-refractivity contribution >= 4 is 31.9 Å². The van der Waals surface area contributed by atoms with Gasteiger partial charge in [0.25, 0.3) is 0 Å². The number of hydrogen-bond donors (Lipinski definition) is 1. The molecule has 5 heteroatoms. The van der Waals surface area contributed by atoms with Crippen LogP contribution in [-0.2, 0) is 6.42 Å². The van der Waals surface area contributed by atoms with Gasteiger partial charge in [-0.1, -0.05) is 13.0 Å². The lowest BCUT2D eigenvalue weighted by molar-refractivity contribution is 0.530. The Morgan fingerprint density at radius 3 is 2.71 bits per heavy atom. The van der Waals surface area contributed by atoms with Gasteiger partial charge in [-0.25, -0.2) is 4.39 Å². The summed E-state index contributed by atoms with van der Waals surface area (Å²) in [5.74, 6) is -0.200. The van der Waals surface area contributed by atoms with Crippen LogP contribution < -0.4 is 5.32 Å². The minimum Gasteiger partial charge on any atom is -0.309 e. The summed E-state index contributed by atoms with van der Waals surface area (Å²) >= 11 is 6.97. The Bertz CT molecular complexity index is 632. The Balaban J connectivity index is 2.32. The number of nitrogens with zero attached hydrogens (tertiary/aromatic N) is 1. The van der Waals surface area contributed by atoms with Crippen LogP contribution in [-0.4, -0.2) is 11.5 Å². The summed E-state index contributed by atoms with van der Waals surface area (Å²) in [6, 6.07) is 6.93. The number of likely N-dealkylation sites (N-methyl/N-ethyl adjacent to an activating group) is 1. The molecule has 112 valence electrons. The molecule has 1 heterocycles. The Kier molecular flexibility index (Phi) is 5.90. The fraction of sp³-hybridized carbons (Fsp3) is 0.312. The van der Waals surface area contributed by atoms with Gasteiger partial charge in [0.05, 0.1) is 11.7 Å². The molecular formula is C16H17Br2FN2. The van der Waals surface area contributed by atoms with E-state index in [4.69, 9.17) is 0 Å². The molecule has 0 saturated carbocycles. The first-order chi connectivity index (χ1) is 10.0. The van der Waals surface area contributed by atoms with Gasteiger partial charge in [0, 0.05) is 15.1 Å². The van der Waals surface area contributed by atoms with E-state index in [0.29, 0.717) is 6.42 Å². The van der Waals surface area contributed by atoms with Crippen LogP contribution in [0.25, 0.3) is 0 Å². The van der Waals surface area contributed by atoms with E-state index >= 15 is 0 Å². The quantitative estimate of drug-likeness (QED) is 0.747. The number of aromatic nitrogens is 1. The molecule has 0 fully saturated rings. The van der Waals surface area contributed by atoms with Crippen LogP contribution in [0.3, 0.4) is 0 Å². The summed E-state index contributed by atoms with van der Waals surface area (Å²) in [5, 5.41) is 3.42. The van der Waals surface area contributed by atoms with Gasteiger partial charge in [0.1, 0.15) is 5.82 Å². The molecule has 1 aromatic carbocycles. The van der Waals surface area contributed by atoms with Crippen molar-refractivity contribution in [2.75, 3.05) is 6.54 Å². The molecule has 0 bridgehead atoms. The molecule has 21 heavy (non-hydrogen) atoms. The number of aryl methyl sites for hydroxylation is 1. The molecule has 0 aliphatic carbocycles. The van der Waals surface area contributed by atoms with Crippen molar-refractivity contribution in [1.29, 1.82) is 0 Å². The van der Waals surface area contributed by atoms with Crippen molar-refractivity contribution in [3.63, 3.8) is 0 Å². The molecule has 2 nitrogen and oxygen atoms in total. The molecule has 0 amide bonds.